The maximum absolute atomic E-state index is 12.9. The van der Waals surface area contributed by atoms with E-state index in [2.05, 4.69) is 4.98 Å². The number of benzene rings is 1. The molecule has 2 heterocycles. The van der Waals surface area contributed by atoms with Crippen molar-refractivity contribution < 1.29 is 17.6 Å². The van der Waals surface area contributed by atoms with E-state index in [1.165, 1.54) is 35.6 Å². The van der Waals surface area contributed by atoms with Crippen LogP contribution in [0.1, 0.15) is 0 Å². The predicted molar refractivity (Wildman–Crippen MR) is 96.6 cm³/mol. The lowest BCUT2D eigenvalue weighted by atomic mass is 10.4. The number of thioether (sulfide) groups is 1. The number of halogens is 1. The van der Waals surface area contributed by atoms with Crippen LogP contribution in [0.25, 0.3) is 10.8 Å². The van der Waals surface area contributed by atoms with Gasteiger partial charge in [-0.25, -0.2) is 8.42 Å². The predicted octanol–water partition coefficient (Wildman–Crippen LogP) is 3.47. The Morgan fingerprint density at radius 3 is 2.60 bits per heavy atom. The molecule has 25 heavy (non-hydrogen) atoms. The number of carbonyl (C=O) groups is 1. The molecule has 0 saturated carbocycles. The Morgan fingerprint density at radius 1 is 1.28 bits per heavy atom. The van der Waals surface area contributed by atoms with Crippen LogP contribution in [0.3, 0.4) is 0 Å². The van der Waals surface area contributed by atoms with Gasteiger partial charge in [0.2, 0.25) is 31.8 Å². The summed E-state index contributed by atoms with van der Waals surface area (Å²) in [5.74, 6) is -0.536. The van der Waals surface area contributed by atoms with Crippen LogP contribution in [0.15, 0.2) is 61.2 Å². The Hall–Kier alpha value is -1.81. The van der Waals surface area contributed by atoms with Crippen molar-refractivity contribution in [3.8, 4) is 10.8 Å². The second-order valence-corrected chi connectivity index (χ2v) is 9.00. The van der Waals surface area contributed by atoms with Crippen LogP contribution in [-0.2, 0) is 14.6 Å². The molecular formula is C15H11ClN2O4S3. The SMILES string of the molecule is NC(=O)CSc1oc(-c2cccs2)nc1S(=O)(=O)c1ccc(Cl)cc1. The first-order valence-corrected chi connectivity index (χ1v) is 10.6. The lowest BCUT2D eigenvalue weighted by Crippen LogP contribution is -2.13. The summed E-state index contributed by atoms with van der Waals surface area (Å²) in [6.45, 7) is 0. The van der Waals surface area contributed by atoms with Gasteiger partial charge in [-0.15, -0.1) is 11.3 Å². The second-order valence-electron chi connectivity index (χ2n) is 4.80. The fourth-order valence-corrected chi connectivity index (χ4v) is 4.96. The maximum atomic E-state index is 12.9. The van der Waals surface area contributed by atoms with Gasteiger partial charge in [0.1, 0.15) is 0 Å². The Labute approximate surface area is 156 Å². The molecule has 0 fully saturated rings. The molecule has 3 aromatic rings. The van der Waals surface area contributed by atoms with Crippen LogP contribution in [-0.4, -0.2) is 25.1 Å². The molecule has 130 valence electrons. The van der Waals surface area contributed by atoms with Crippen molar-refractivity contribution >= 4 is 50.4 Å². The number of nitrogens with zero attached hydrogens (tertiary/aromatic N) is 1. The second kappa shape index (κ2) is 7.20. The highest BCUT2D eigenvalue weighted by molar-refractivity contribution is 8.00. The van der Waals surface area contributed by atoms with E-state index in [-0.39, 0.29) is 26.7 Å². The summed E-state index contributed by atoms with van der Waals surface area (Å²) in [5, 5.41) is 2.02. The number of carbonyl (C=O) groups excluding carboxylic acids is 1. The molecule has 0 atom stereocenters. The summed E-state index contributed by atoms with van der Waals surface area (Å²) in [6.07, 6.45) is 0. The largest absolute Gasteiger partial charge is 0.428 e. The van der Waals surface area contributed by atoms with Crippen molar-refractivity contribution in [3.63, 3.8) is 0 Å². The van der Waals surface area contributed by atoms with Crippen molar-refractivity contribution in [2.75, 3.05) is 5.75 Å². The Bertz CT molecular complexity index is 996. The van der Waals surface area contributed by atoms with E-state index in [0.717, 1.165) is 11.8 Å². The highest BCUT2D eigenvalue weighted by Crippen LogP contribution is 2.36. The van der Waals surface area contributed by atoms with Crippen molar-refractivity contribution in [1.82, 2.24) is 4.98 Å². The molecule has 1 amide bonds. The first kappa shape index (κ1) is 18.0. The van der Waals surface area contributed by atoms with Crippen LogP contribution < -0.4 is 5.73 Å². The maximum Gasteiger partial charge on any atom is 0.238 e. The minimum atomic E-state index is -3.94. The number of primary amides is 1. The quantitative estimate of drug-likeness (QED) is 0.619. The fraction of sp³-hybridized carbons (Fsp3) is 0.0667. The minimum Gasteiger partial charge on any atom is -0.428 e. The third-order valence-electron chi connectivity index (χ3n) is 3.02. The van der Waals surface area contributed by atoms with Crippen LogP contribution in [0.4, 0.5) is 0 Å². The standard InChI is InChI=1S/C15H11ClN2O4S3/c16-9-3-5-10(6-4-9)25(20,21)14-15(24-8-12(17)19)22-13(18-14)11-2-1-7-23-11/h1-7H,8H2,(H2,17,19). The zero-order chi connectivity index (χ0) is 18.0. The minimum absolute atomic E-state index is 0.0251. The molecule has 0 bridgehead atoms. The lowest BCUT2D eigenvalue weighted by Gasteiger charge is -2.03. The van der Waals surface area contributed by atoms with Crippen molar-refractivity contribution in [2.45, 2.75) is 15.0 Å². The van der Waals surface area contributed by atoms with Gasteiger partial charge in [-0.1, -0.05) is 29.4 Å². The molecule has 6 nitrogen and oxygen atoms in total. The van der Waals surface area contributed by atoms with E-state index in [9.17, 15) is 13.2 Å². The van der Waals surface area contributed by atoms with E-state index in [1.54, 1.807) is 12.1 Å². The normalized spacial score (nSPS) is 11.6. The van der Waals surface area contributed by atoms with Gasteiger partial charge in [0.25, 0.3) is 0 Å². The van der Waals surface area contributed by atoms with E-state index < -0.39 is 15.7 Å². The third-order valence-corrected chi connectivity index (χ3v) is 6.91. The molecule has 0 spiro atoms. The first-order valence-electron chi connectivity index (χ1n) is 6.84. The van der Waals surface area contributed by atoms with E-state index in [1.807, 2.05) is 5.38 Å². The van der Waals surface area contributed by atoms with Crippen molar-refractivity contribution in [1.29, 1.82) is 0 Å². The number of amides is 1. The average Bonchev–Trinajstić information content (AvgIpc) is 3.23. The summed E-state index contributed by atoms with van der Waals surface area (Å²) in [5.41, 5.74) is 5.14. The van der Waals surface area contributed by atoms with Crippen LogP contribution >= 0.6 is 34.7 Å². The number of rotatable bonds is 6. The summed E-state index contributed by atoms with van der Waals surface area (Å²) in [4.78, 5) is 15.9. The number of aromatic nitrogens is 1. The molecule has 2 aromatic heterocycles. The fourth-order valence-electron chi connectivity index (χ4n) is 1.92. The molecule has 0 aliphatic heterocycles. The van der Waals surface area contributed by atoms with E-state index in [4.69, 9.17) is 21.8 Å². The van der Waals surface area contributed by atoms with Gasteiger partial charge in [-0.05, 0) is 35.7 Å². The van der Waals surface area contributed by atoms with E-state index in [0.29, 0.717) is 9.90 Å². The van der Waals surface area contributed by atoms with Gasteiger partial charge in [0.05, 0.1) is 15.5 Å². The van der Waals surface area contributed by atoms with Crippen molar-refractivity contribution in [3.05, 3.63) is 46.8 Å². The summed E-state index contributed by atoms with van der Waals surface area (Å²) < 4.78 is 31.4. The molecule has 0 unspecified atom stereocenters. The molecule has 10 heteroatoms. The van der Waals surface area contributed by atoms with Gasteiger partial charge in [-0.3, -0.25) is 4.79 Å². The highest BCUT2D eigenvalue weighted by Gasteiger charge is 2.29. The van der Waals surface area contributed by atoms with Crippen LogP contribution in [0.5, 0.6) is 0 Å². The summed E-state index contributed by atoms with van der Waals surface area (Å²) in [7, 11) is -3.94. The first-order chi connectivity index (χ1) is 11.9. The number of sulfone groups is 1. The molecule has 3 rings (SSSR count). The molecule has 1 aromatic carbocycles. The molecule has 0 radical (unpaired) electrons. The summed E-state index contributed by atoms with van der Waals surface area (Å²) in [6, 6.07) is 9.29. The van der Waals surface area contributed by atoms with Gasteiger partial charge >= 0.3 is 0 Å². The zero-order valence-electron chi connectivity index (χ0n) is 12.5. The van der Waals surface area contributed by atoms with Crippen molar-refractivity contribution in [2.24, 2.45) is 5.73 Å². The van der Waals surface area contributed by atoms with E-state index >= 15 is 0 Å². The molecule has 0 saturated heterocycles. The Morgan fingerprint density at radius 2 is 2.00 bits per heavy atom. The average molecular weight is 415 g/mol. The Balaban J connectivity index is 2.09. The highest BCUT2D eigenvalue weighted by atomic mass is 35.5. The lowest BCUT2D eigenvalue weighted by molar-refractivity contribution is -0.115. The molecular weight excluding hydrogens is 404 g/mol. The van der Waals surface area contributed by atoms with Crippen LogP contribution in [0.2, 0.25) is 5.02 Å². The summed E-state index contributed by atoms with van der Waals surface area (Å²) >= 11 is 8.07. The Kier molecular flexibility index (Phi) is 5.19. The monoisotopic (exact) mass is 414 g/mol. The van der Waals surface area contributed by atoms with Crippen LogP contribution in [0, 0.1) is 0 Å². The topological polar surface area (TPSA) is 103 Å². The smallest absolute Gasteiger partial charge is 0.238 e. The number of oxazole rings is 1. The zero-order valence-corrected chi connectivity index (χ0v) is 15.7. The molecule has 0 aliphatic carbocycles. The molecule has 2 N–H and O–H groups in total. The number of thiophene rings is 1. The third kappa shape index (κ3) is 3.90. The number of hydrogen-bond donors (Lipinski definition) is 1. The van der Waals surface area contributed by atoms with Gasteiger partial charge < -0.3 is 10.2 Å². The number of nitrogens with two attached hydrogens (primary N) is 1. The van der Waals surface area contributed by atoms with Gasteiger partial charge in [0.15, 0.2) is 0 Å². The van der Waals surface area contributed by atoms with Gasteiger partial charge in [-0.2, -0.15) is 4.98 Å². The molecule has 0 aliphatic rings. The van der Waals surface area contributed by atoms with Gasteiger partial charge in [0, 0.05) is 5.02 Å². The number of hydrogen-bond acceptors (Lipinski definition) is 7.